The van der Waals surface area contributed by atoms with Crippen LogP contribution in [0.25, 0.3) is 0 Å². The number of hydrogen-bond donors (Lipinski definition) is 3. The van der Waals surface area contributed by atoms with Gasteiger partial charge in [-0.1, -0.05) is 82.9 Å². The maximum Gasteiger partial charge on any atom is 0.408 e. The minimum Gasteiger partial charge on any atom is -0.508 e. The number of nitrogens with one attached hydrogen (secondary N) is 2. The number of phenolic OH excluding ortho intramolecular Hbond substituents is 1. The van der Waals surface area contributed by atoms with Crippen LogP contribution in [-0.2, 0) is 27.2 Å². The zero-order valence-corrected chi connectivity index (χ0v) is 26.4. The molecule has 0 heterocycles. The van der Waals surface area contributed by atoms with Gasteiger partial charge in [-0.05, 0) is 68.9 Å². The van der Waals surface area contributed by atoms with E-state index in [4.69, 9.17) is 4.74 Å². The highest BCUT2D eigenvalue weighted by atomic mass is 16.6. The Kier molecular flexibility index (Phi) is 14.4. The van der Waals surface area contributed by atoms with Crippen molar-refractivity contribution in [2.24, 2.45) is 0 Å². The number of amides is 3. The summed E-state index contributed by atoms with van der Waals surface area (Å²) in [5.74, 6) is -0.489. The van der Waals surface area contributed by atoms with Gasteiger partial charge in [-0.25, -0.2) is 4.79 Å². The summed E-state index contributed by atoms with van der Waals surface area (Å²) < 4.78 is 5.51. The van der Waals surface area contributed by atoms with Gasteiger partial charge in [0.25, 0.3) is 0 Å². The molecular formula is C34H51N3O5. The minimum atomic E-state index is -0.990. The third-order valence-corrected chi connectivity index (χ3v) is 6.99. The summed E-state index contributed by atoms with van der Waals surface area (Å²) in [4.78, 5) is 42.8. The number of ether oxygens (including phenoxy) is 1. The lowest BCUT2D eigenvalue weighted by atomic mass is 9.98. The molecule has 2 aromatic carbocycles. The van der Waals surface area contributed by atoms with Crippen molar-refractivity contribution in [2.45, 2.75) is 111 Å². The summed E-state index contributed by atoms with van der Waals surface area (Å²) in [6.07, 6.45) is 5.79. The first-order valence-corrected chi connectivity index (χ1v) is 15.4. The summed E-state index contributed by atoms with van der Waals surface area (Å²) in [6.45, 7) is 12.4. The van der Waals surface area contributed by atoms with E-state index < -0.39 is 23.8 Å². The highest BCUT2D eigenvalue weighted by Crippen LogP contribution is 2.25. The highest BCUT2D eigenvalue weighted by molar-refractivity contribution is 5.92. The Hall–Kier alpha value is -3.55. The number of benzene rings is 2. The highest BCUT2D eigenvalue weighted by Gasteiger charge is 2.36. The molecule has 0 fully saturated rings. The number of aromatic hydroxyl groups is 1. The third-order valence-electron chi connectivity index (χ3n) is 6.99. The molecule has 0 bridgehead atoms. The second kappa shape index (κ2) is 17.4. The van der Waals surface area contributed by atoms with Crippen LogP contribution >= 0.6 is 0 Å². The molecular weight excluding hydrogens is 530 g/mol. The molecule has 0 saturated carbocycles. The molecule has 8 heteroatoms. The quantitative estimate of drug-likeness (QED) is 0.197. The molecule has 42 heavy (non-hydrogen) atoms. The van der Waals surface area contributed by atoms with Crippen LogP contribution in [0.3, 0.4) is 0 Å². The number of alkyl carbamates (subject to hydrolysis) is 1. The number of phenols is 1. The van der Waals surface area contributed by atoms with Crippen LogP contribution < -0.4 is 10.6 Å². The van der Waals surface area contributed by atoms with Crippen LogP contribution in [0.4, 0.5) is 4.79 Å². The third kappa shape index (κ3) is 11.7. The average Bonchev–Trinajstić information content (AvgIpc) is 2.94. The van der Waals surface area contributed by atoms with Gasteiger partial charge >= 0.3 is 6.09 Å². The first kappa shape index (κ1) is 34.7. The largest absolute Gasteiger partial charge is 0.508 e. The van der Waals surface area contributed by atoms with E-state index in [0.29, 0.717) is 19.5 Å². The summed E-state index contributed by atoms with van der Waals surface area (Å²) in [5.41, 5.74) is 1.87. The Balaban J connectivity index is 2.53. The van der Waals surface area contributed by atoms with Crippen LogP contribution in [0, 0.1) is 0 Å². The standard InChI is InChI=1S/C34H51N3O5/c1-7-10-12-22-35-31(39)30(27-18-14-25(9-3)15-19-27)37(23-13-11-8-2)32(40)29(36-33(41)42-34(4,5)6)24-26-16-20-28(38)21-17-26/h14-21,29-30,38H,7-13,22-24H2,1-6H3,(H,35,39)(H,36,41). The lowest BCUT2D eigenvalue weighted by molar-refractivity contribution is -0.142. The number of nitrogens with zero attached hydrogens (tertiary/aromatic N) is 1. The molecule has 0 saturated heterocycles. The first-order valence-electron chi connectivity index (χ1n) is 15.4. The molecule has 2 unspecified atom stereocenters. The van der Waals surface area contributed by atoms with Gasteiger partial charge in [0.1, 0.15) is 23.4 Å². The van der Waals surface area contributed by atoms with Gasteiger partial charge in [0.15, 0.2) is 0 Å². The van der Waals surface area contributed by atoms with Crippen molar-refractivity contribution >= 4 is 17.9 Å². The Morgan fingerprint density at radius 3 is 2.02 bits per heavy atom. The van der Waals surface area contributed by atoms with Crippen LogP contribution in [-0.4, -0.2) is 52.6 Å². The van der Waals surface area contributed by atoms with Gasteiger partial charge < -0.3 is 25.4 Å². The second-order valence-corrected chi connectivity index (χ2v) is 11.8. The number of carbonyl (C=O) groups excluding carboxylic acids is 3. The molecule has 0 spiro atoms. The van der Waals surface area contributed by atoms with E-state index in [1.807, 2.05) is 24.3 Å². The molecule has 2 atom stereocenters. The van der Waals surface area contributed by atoms with Crippen molar-refractivity contribution in [1.82, 2.24) is 15.5 Å². The molecule has 0 aliphatic carbocycles. The van der Waals surface area contributed by atoms with Crippen molar-refractivity contribution in [2.75, 3.05) is 13.1 Å². The smallest absolute Gasteiger partial charge is 0.408 e. The topological polar surface area (TPSA) is 108 Å². The van der Waals surface area contributed by atoms with Crippen molar-refractivity contribution in [3.05, 3.63) is 65.2 Å². The summed E-state index contributed by atoms with van der Waals surface area (Å²) >= 11 is 0. The number of rotatable bonds is 16. The van der Waals surface area contributed by atoms with E-state index in [1.54, 1.807) is 49.9 Å². The molecule has 0 aliphatic heterocycles. The molecule has 0 radical (unpaired) electrons. The predicted molar refractivity (Wildman–Crippen MR) is 167 cm³/mol. The van der Waals surface area contributed by atoms with Crippen LogP contribution in [0.1, 0.15) is 103 Å². The number of carbonyl (C=O) groups is 3. The zero-order chi connectivity index (χ0) is 31.1. The van der Waals surface area contributed by atoms with E-state index >= 15 is 0 Å². The minimum absolute atomic E-state index is 0.109. The number of unbranched alkanes of at least 4 members (excludes halogenated alkanes) is 4. The molecule has 2 rings (SSSR count). The Labute approximate surface area is 252 Å². The van der Waals surface area contributed by atoms with Gasteiger partial charge in [-0.15, -0.1) is 0 Å². The van der Waals surface area contributed by atoms with E-state index in [2.05, 4.69) is 31.4 Å². The Morgan fingerprint density at radius 2 is 1.45 bits per heavy atom. The molecule has 8 nitrogen and oxygen atoms in total. The fourth-order valence-electron chi connectivity index (χ4n) is 4.71. The van der Waals surface area contributed by atoms with Gasteiger partial charge in [0.2, 0.25) is 11.8 Å². The van der Waals surface area contributed by atoms with Crippen LogP contribution in [0.2, 0.25) is 0 Å². The van der Waals surface area contributed by atoms with Gasteiger partial charge in [-0.3, -0.25) is 9.59 Å². The first-order chi connectivity index (χ1) is 20.0. The lowest BCUT2D eigenvalue weighted by Gasteiger charge is -2.35. The normalized spacial score (nSPS) is 12.7. The Bertz CT molecular complexity index is 1110. The fourth-order valence-corrected chi connectivity index (χ4v) is 4.71. The maximum absolute atomic E-state index is 14.5. The van der Waals surface area contributed by atoms with Crippen molar-refractivity contribution in [3.8, 4) is 5.75 Å². The van der Waals surface area contributed by atoms with Crippen molar-refractivity contribution < 1.29 is 24.2 Å². The maximum atomic E-state index is 14.5. The zero-order valence-electron chi connectivity index (χ0n) is 26.4. The second-order valence-electron chi connectivity index (χ2n) is 11.8. The Morgan fingerprint density at radius 1 is 0.857 bits per heavy atom. The average molecular weight is 582 g/mol. The molecule has 3 N–H and O–H groups in total. The van der Waals surface area contributed by atoms with E-state index in [9.17, 15) is 19.5 Å². The summed E-state index contributed by atoms with van der Waals surface area (Å²) in [6, 6.07) is 12.5. The van der Waals surface area contributed by atoms with E-state index in [-0.39, 0.29) is 24.0 Å². The van der Waals surface area contributed by atoms with E-state index in [0.717, 1.165) is 55.2 Å². The van der Waals surface area contributed by atoms with Crippen molar-refractivity contribution in [3.63, 3.8) is 0 Å². The molecule has 232 valence electrons. The van der Waals surface area contributed by atoms with Crippen LogP contribution in [0.15, 0.2) is 48.5 Å². The van der Waals surface area contributed by atoms with Crippen LogP contribution in [0.5, 0.6) is 5.75 Å². The fraction of sp³-hybridized carbons (Fsp3) is 0.559. The summed E-state index contributed by atoms with van der Waals surface area (Å²) in [5, 5.41) is 15.6. The van der Waals surface area contributed by atoms with E-state index in [1.165, 1.54) is 0 Å². The summed E-state index contributed by atoms with van der Waals surface area (Å²) in [7, 11) is 0. The molecule has 3 amide bonds. The molecule has 0 aliphatic rings. The SMILES string of the molecule is CCCCCNC(=O)C(c1ccc(CC)cc1)N(CCCCC)C(=O)C(Cc1ccc(O)cc1)NC(=O)OC(C)(C)C. The van der Waals surface area contributed by atoms with Gasteiger partial charge in [0.05, 0.1) is 0 Å². The number of hydrogen-bond acceptors (Lipinski definition) is 5. The van der Waals surface area contributed by atoms with Gasteiger partial charge in [-0.2, -0.15) is 0 Å². The monoisotopic (exact) mass is 581 g/mol. The number of aryl methyl sites for hydroxylation is 1. The molecule has 2 aromatic rings. The van der Waals surface area contributed by atoms with Crippen molar-refractivity contribution in [1.29, 1.82) is 0 Å². The molecule has 0 aromatic heterocycles. The lowest BCUT2D eigenvalue weighted by Crippen LogP contribution is -2.54. The van der Waals surface area contributed by atoms with Gasteiger partial charge in [0, 0.05) is 19.5 Å². The predicted octanol–water partition coefficient (Wildman–Crippen LogP) is 6.46.